The van der Waals surface area contributed by atoms with Gasteiger partial charge in [0.15, 0.2) is 0 Å². The second-order valence-corrected chi connectivity index (χ2v) is 7.66. The van der Waals surface area contributed by atoms with E-state index in [4.69, 9.17) is 0 Å². The highest BCUT2D eigenvalue weighted by Gasteiger charge is 2.25. The minimum Gasteiger partial charge on any atom is -0.338 e. The van der Waals surface area contributed by atoms with E-state index in [1.54, 1.807) is 12.1 Å². The van der Waals surface area contributed by atoms with Crippen molar-refractivity contribution in [3.8, 4) is 11.1 Å². The average molecular weight is 346 g/mol. The van der Waals surface area contributed by atoms with Crippen molar-refractivity contribution in [2.45, 2.75) is 19.8 Å². The lowest BCUT2D eigenvalue weighted by molar-refractivity contribution is 0.0679. The van der Waals surface area contributed by atoms with E-state index in [2.05, 4.69) is 5.32 Å². The summed E-state index contributed by atoms with van der Waals surface area (Å²) in [7, 11) is 1.96. The maximum atomic E-state index is 13.1. The van der Waals surface area contributed by atoms with Crippen molar-refractivity contribution in [3.05, 3.63) is 45.9 Å². The number of benzene rings is 1. The molecule has 2 heterocycles. The summed E-state index contributed by atoms with van der Waals surface area (Å²) in [5, 5.41) is 3.21. The summed E-state index contributed by atoms with van der Waals surface area (Å²) in [4.78, 5) is 16.7. The number of aryl methyl sites for hydroxylation is 1. The summed E-state index contributed by atoms with van der Waals surface area (Å²) < 4.78 is 13.1. The Kier molecular flexibility index (Phi) is 5.31. The number of amides is 1. The van der Waals surface area contributed by atoms with Crippen molar-refractivity contribution in [3.63, 3.8) is 0 Å². The second-order valence-electron chi connectivity index (χ2n) is 6.40. The minimum atomic E-state index is -0.244. The van der Waals surface area contributed by atoms with Crippen LogP contribution in [0.4, 0.5) is 4.39 Å². The summed E-state index contributed by atoms with van der Waals surface area (Å²) in [6.45, 7) is 4.62. The van der Waals surface area contributed by atoms with Crippen LogP contribution in [0, 0.1) is 18.7 Å². The Balaban J connectivity index is 1.78. The molecule has 0 unspecified atom stereocenters. The van der Waals surface area contributed by atoms with Gasteiger partial charge in [0.2, 0.25) is 0 Å². The summed E-state index contributed by atoms with van der Waals surface area (Å²) >= 11 is 1.53. The average Bonchev–Trinajstić information content (AvgIpc) is 2.97. The molecular weight excluding hydrogens is 323 g/mol. The summed E-state index contributed by atoms with van der Waals surface area (Å²) in [5.41, 5.74) is 1.98. The van der Waals surface area contributed by atoms with Crippen LogP contribution < -0.4 is 5.32 Å². The molecule has 0 saturated carbocycles. The molecule has 1 N–H and O–H groups in total. The fraction of sp³-hybridized carbons (Fsp3) is 0.421. The Bertz CT molecular complexity index is 709. The molecule has 1 amide bonds. The van der Waals surface area contributed by atoms with Gasteiger partial charge in [0.1, 0.15) is 5.82 Å². The Morgan fingerprint density at radius 1 is 1.38 bits per heavy atom. The van der Waals surface area contributed by atoms with Crippen molar-refractivity contribution in [2.75, 3.05) is 26.7 Å². The Morgan fingerprint density at radius 2 is 2.12 bits per heavy atom. The quantitative estimate of drug-likeness (QED) is 0.910. The topological polar surface area (TPSA) is 32.3 Å². The lowest BCUT2D eigenvalue weighted by Gasteiger charge is -2.32. The first-order chi connectivity index (χ1) is 11.6. The first kappa shape index (κ1) is 17.1. The third-order valence-electron chi connectivity index (χ3n) is 4.58. The lowest BCUT2D eigenvalue weighted by Crippen LogP contribution is -2.42. The van der Waals surface area contributed by atoms with Gasteiger partial charge in [-0.1, -0.05) is 12.1 Å². The first-order valence-electron chi connectivity index (χ1n) is 8.38. The normalized spacial score (nSPS) is 18.0. The fourth-order valence-corrected chi connectivity index (χ4v) is 4.37. The number of likely N-dealkylation sites (tertiary alicyclic amines) is 1. The summed E-state index contributed by atoms with van der Waals surface area (Å²) in [6.07, 6.45) is 2.24. The lowest BCUT2D eigenvalue weighted by atomic mass is 9.98. The number of halogens is 1. The molecule has 1 aromatic carbocycles. The van der Waals surface area contributed by atoms with E-state index in [-0.39, 0.29) is 11.7 Å². The predicted molar refractivity (Wildman–Crippen MR) is 97.0 cm³/mol. The predicted octanol–water partition coefficient (Wildman–Crippen LogP) is 3.93. The maximum absolute atomic E-state index is 13.1. The first-order valence-corrected chi connectivity index (χ1v) is 9.20. The van der Waals surface area contributed by atoms with Crippen LogP contribution in [0.5, 0.6) is 0 Å². The Morgan fingerprint density at radius 3 is 2.83 bits per heavy atom. The number of thiophene rings is 1. The van der Waals surface area contributed by atoms with E-state index in [1.807, 2.05) is 24.9 Å². The largest absolute Gasteiger partial charge is 0.338 e. The van der Waals surface area contributed by atoms with Gasteiger partial charge >= 0.3 is 0 Å². The number of hydrogen-bond donors (Lipinski definition) is 1. The molecule has 0 aliphatic carbocycles. The van der Waals surface area contributed by atoms with Crippen molar-refractivity contribution in [2.24, 2.45) is 5.92 Å². The zero-order chi connectivity index (χ0) is 17.1. The van der Waals surface area contributed by atoms with Gasteiger partial charge in [-0.05, 0) is 68.6 Å². The monoisotopic (exact) mass is 346 g/mol. The third kappa shape index (κ3) is 3.68. The van der Waals surface area contributed by atoms with Gasteiger partial charge in [-0.3, -0.25) is 4.79 Å². The second kappa shape index (κ2) is 7.45. The van der Waals surface area contributed by atoms with Crippen molar-refractivity contribution in [1.29, 1.82) is 0 Å². The highest BCUT2D eigenvalue weighted by Crippen LogP contribution is 2.32. The van der Waals surface area contributed by atoms with E-state index >= 15 is 0 Å². The Hall–Kier alpha value is -1.72. The number of rotatable bonds is 4. The molecule has 3 nitrogen and oxygen atoms in total. The molecule has 2 aromatic rings. The highest BCUT2D eigenvalue weighted by atomic mass is 32.1. The maximum Gasteiger partial charge on any atom is 0.263 e. The van der Waals surface area contributed by atoms with Crippen LogP contribution in [0.3, 0.4) is 0 Å². The molecular formula is C19H23FN2OS. The smallest absolute Gasteiger partial charge is 0.263 e. The van der Waals surface area contributed by atoms with Gasteiger partial charge in [0.25, 0.3) is 5.91 Å². The van der Waals surface area contributed by atoms with Crippen LogP contribution in [0.25, 0.3) is 11.1 Å². The molecule has 5 heteroatoms. The standard InChI is InChI=1S/C19H23FN2OS/c1-13-17(15-5-7-16(20)8-6-15)10-18(24-13)19(23)22-9-3-4-14(12-22)11-21-2/h5-8,10,14,21H,3-4,9,11-12H2,1-2H3/t14-/m0/s1. The fourth-order valence-electron chi connectivity index (χ4n) is 3.36. The van der Waals surface area contributed by atoms with Crippen LogP contribution in [0.15, 0.2) is 30.3 Å². The zero-order valence-electron chi connectivity index (χ0n) is 14.1. The third-order valence-corrected chi connectivity index (χ3v) is 5.62. The molecule has 0 spiro atoms. The molecule has 1 fully saturated rings. The summed E-state index contributed by atoms with van der Waals surface area (Å²) in [5.74, 6) is 0.411. The number of carbonyl (C=O) groups is 1. The van der Waals surface area contributed by atoms with E-state index in [1.165, 1.54) is 29.9 Å². The SMILES string of the molecule is CNC[C@@H]1CCCN(C(=O)c2cc(-c3ccc(F)cc3)c(C)s2)C1. The molecule has 0 bridgehead atoms. The molecule has 128 valence electrons. The van der Waals surface area contributed by atoms with Gasteiger partial charge in [0.05, 0.1) is 4.88 Å². The molecule has 1 aliphatic heterocycles. The van der Waals surface area contributed by atoms with Crippen LogP contribution in [0.2, 0.25) is 0 Å². The van der Waals surface area contributed by atoms with Crippen LogP contribution in [0.1, 0.15) is 27.4 Å². The van der Waals surface area contributed by atoms with E-state index < -0.39 is 0 Å². The molecule has 1 aliphatic rings. The molecule has 3 rings (SSSR count). The van der Waals surface area contributed by atoms with Gasteiger partial charge in [-0.2, -0.15) is 0 Å². The molecule has 1 aromatic heterocycles. The number of hydrogen-bond acceptors (Lipinski definition) is 3. The van der Waals surface area contributed by atoms with E-state index in [9.17, 15) is 9.18 Å². The van der Waals surface area contributed by atoms with Crippen molar-refractivity contribution in [1.82, 2.24) is 10.2 Å². The van der Waals surface area contributed by atoms with Crippen molar-refractivity contribution < 1.29 is 9.18 Å². The number of piperidine rings is 1. The highest BCUT2D eigenvalue weighted by molar-refractivity contribution is 7.14. The molecule has 1 atom stereocenters. The Labute approximate surface area is 146 Å². The van der Waals surface area contributed by atoms with Crippen LogP contribution in [-0.2, 0) is 0 Å². The molecule has 0 radical (unpaired) electrons. The minimum absolute atomic E-state index is 0.122. The van der Waals surface area contributed by atoms with E-state index in [0.717, 1.165) is 46.9 Å². The van der Waals surface area contributed by atoms with Crippen LogP contribution >= 0.6 is 11.3 Å². The number of carbonyl (C=O) groups excluding carboxylic acids is 1. The van der Waals surface area contributed by atoms with Gasteiger partial charge in [-0.25, -0.2) is 4.39 Å². The van der Waals surface area contributed by atoms with Gasteiger partial charge in [0, 0.05) is 18.0 Å². The van der Waals surface area contributed by atoms with Crippen molar-refractivity contribution >= 4 is 17.2 Å². The number of nitrogens with zero attached hydrogens (tertiary/aromatic N) is 1. The molecule has 1 saturated heterocycles. The van der Waals surface area contributed by atoms with Crippen LogP contribution in [-0.4, -0.2) is 37.5 Å². The number of nitrogens with one attached hydrogen (secondary N) is 1. The zero-order valence-corrected chi connectivity index (χ0v) is 15.0. The van der Waals surface area contributed by atoms with Gasteiger partial charge < -0.3 is 10.2 Å². The molecule has 24 heavy (non-hydrogen) atoms. The van der Waals surface area contributed by atoms with E-state index in [0.29, 0.717) is 5.92 Å². The summed E-state index contributed by atoms with van der Waals surface area (Å²) in [6, 6.07) is 8.41. The van der Waals surface area contributed by atoms with Gasteiger partial charge in [-0.15, -0.1) is 11.3 Å².